The minimum atomic E-state index is 0.0646. The summed E-state index contributed by atoms with van der Waals surface area (Å²) >= 11 is 5.61. The Morgan fingerprint density at radius 3 is 2.50 bits per heavy atom. The lowest BCUT2D eigenvalue weighted by Crippen LogP contribution is -2.37. The van der Waals surface area contributed by atoms with Crippen molar-refractivity contribution in [2.75, 3.05) is 18.1 Å². The van der Waals surface area contributed by atoms with Crippen LogP contribution >= 0.6 is 11.6 Å². The molecule has 0 radical (unpaired) electrons. The lowest BCUT2D eigenvalue weighted by Gasteiger charge is -2.27. The maximum Gasteiger partial charge on any atom is 0.318 e. The van der Waals surface area contributed by atoms with Gasteiger partial charge in [0.1, 0.15) is 5.88 Å². The highest BCUT2D eigenvalue weighted by atomic mass is 35.5. The normalized spacial score (nSPS) is 11.1. The van der Waals surface area contributed by atoms with Gasteiger partial charge >= 0.3 is 6.01 Å². The first-order valence-electron chi connectivity index (χ1n) is 5.52. The van der Waals surface area contributed by atoms with Crippen LogP contribution in [0, 0.1) is 0 Å². The molecule has 0 aliphatic carbocycles. The van der Waals surface area contributed by atoms with Gasteiger partial charge in [0.05, 0.1) is 6.61 Å². The quantitative estimate of drug-likeness (QED) is 0.745. The number of rotatable bonds is 7. The molecule has 16 heavy (non-hydrogen) atoms. The van der Waals surface area contributed by atoms with Crippen LogP contribution in [0.5, 0.6) is 0 Å². The Morgan fingerprint density at radius 2 is 2.06 bits per heavy atom. The van der Waals surface area contributed by atoms with E-state index in [2.05, 4.69) is 24.0 Å². The SMILES string of the molecule is CCC(CC)N(CCO)c1nnc(CCl)o1. The third-order valence-electron chi connectivity index (χ3n) is 2.54. The maximum atomic E-state index is 9.04. The Morgan fingerprint density at radius 1 is 1.38 bits per heavy atom. The van der Waals surface area contributed by atoms with Crippen LogP contribution in [0.3, 0.4) is 0 Å². The summed E-state index contributed by atoms with van der Waals surface area (Å²) in [5.74, 6) is 0.619. The van der Waals surface area contributed by atoms with Crippen LogP contribution in [0.1, 0.15) is 32.6 Å². The fraction of sp³-hybridized carbons (Fsp3) is 0.800. The van der Waals surface area contributed by atoms with E-state index < -0.39 is 0 Å². The Bertz CT molecular complexity index is 302. The molecule has 0 aromatic carbocycles. The molecule has 0 unspecified atom stereocenters. The van der Waals surface area contributed by atoms with E-state index in [1.807, 2.05) is 4.90 Å². The lowest BCUT2D eigenvalue weighted by atomic mass is 10.1. The number of aliphatic hydroxyl groups excluding tert-OH is 1. The van der Waals surface area contributed by atoms with E-state index in [9.17, 15) is 0 Å². The molecule has 92 valence electrons. The van der Waals surface area contributed by atoms with Crippen molar-refractivity contribution in [2.45, 2.75) is 38.6 Å². The van der Waals surface area contributed by atoms with Gasteiger partial charge in [0.15, 0.2) is 0 Å². The summed E-state index contributed by atoms with van der Waals surface area (Å²) < 4.78 is 5.39. The molecule has 0 bridgehead atoms. The van der Waals surface area contributed by atoms with Crippen LogP contribution in [0.2, 0.25) is 0 Å². The van der Waals surface area contributed by atoms with Crippen LogP contribution in [0.4, 0.5) is 6.01 Å². The number of hydrogen-bond acceptors (Lipinski definition) is 5. The number of hydrogen-bond donors (Lipinski definition) is 1. The van der Waals surface area contributed by atoms with E-state index in [0.717, 1.165) is 12.8 Å². The van der Waals surface area contributed by atoms with Gasteiger partial charge in [0, 0.05) is 12.6 Å². The fourth-order valence-electron chi connectivity index (χ4n) is 1.69. The van der Waals surface area contributed by atoms with Crippen molar-refractivity contribution in [1.29, 1.82) is 0 Å². The molecule has 1 aromatic heterocycles. The fourth-order valence-corrected chi connectivity index (χ4v) is 1.79. The molecule has 1 aromatic rings. The van der Waals surface area contributed by atoms with Gasteiger partial charge in [-0.15, -0.1) is 16.7 Å². The Kier molecular flexibility index (Phi) is 5.55. The number of alkyl halides is 1. The summed E-state index contributed by atoms with van der Waals surface area (Å²) in [7, 11) is 0. The van der Waals surface area contributed by atoms with Crippen LogP contribution in [-0.2, 0) is 5.88 Å². The number of anilines is 1. The zero-order valence-electron chi connectivity index (χ0n) is 9.69. The van der Waals surface area contributed by atoms with Crippen molar-refractivity contribution in [1.82, 2.24) is 10.2 Å². The number of aromatic nitrogens is 2. The van der Waals surface area contributed by atoms with Gasteiger partial charge < -0.3 is 14.4 Å². The third kappa shape index (κ3) is 3.09. The Labute approximate surface area is 100 Å². The first-order valence-corrected chi connectivity index (χ1v) is 6.06. The molecule has 0 spiro atoms. The standard InChI is InChI=1S/C10H18ClN3O2/c1-3-8(4-2)14(5-6-15)10-13-12-9(7-11)16-10/h8,15H,3-7H2,1-2H3. The van der Waals surface area contributed by atoms with Crippen molar-refractivity contribution < 1.29 is 9.52 Å². The second kappa shape index (κ2) is 6.70. The van der Waals surface area contributed by atoms with Crippen molar-refractivity contribution >= 4 is 17.6 Å². The third-order valence-corrected chi connectivity index (χ3v) is 2.77. The summed E-state index contributed by atoms with van der Waals surface area (Å²) in [5, 5.41) is 16.8. The molecule has 6 heteroatoms. The summed E-state index contributed by atoms with van der Waals surface area (Å²) in [6, 6.07) is 0.745. The van der Waals surface area contributed by atoms with Crippen LogP contribution in [0.25, 0.3) is 0 Å². The molecular formula is C10H18ClN3O2. The van der Waals surface area contributed by atoms with E-state index in [-0.39, 0.29) is 12.5 Å². The average molecular weight is 248 g/mol. The highest BCUT2D eigenvalue weighted by molar-refractivity contribution is 6.16. The molecule has 1 N–H and O–H groups in total. The predicted molar refractivity (Wildman–Crippen MR) is 62.7 cm³/mol. The molecule has 0 aliphatic rings. The topological polar surface area (TPSA) is 62.4 Å². The van der Waals surface area contributed by atoms with Crippen molar-refractivity contribution in [3.8, 4) is 0 Å². The second-order valence-electron chi connectivity index (χ2n) is 3.50. The second-order valence-corrected chi connectivity index (χ2v) is 3.77. The summed E-state index contributed by atoms with van der Waals surface area (Å²) in [6.07, 6.45) is 1.93. The number of halogens is 1. The zero-order chi connectivity index (χ0) is 12.0. The monoisotopic (exact) mass is 247 g/mol. The minimum Gasteiger partial charge on any atom is -0.407 e. The van der Waals surface area contributed by atoms with Gasteiger partial charge in [-0.1, -0.05) is 18.9 Å². The van der Waals surface area contributed by atoms with Gasteiger partial charge in [-0.2, -0.15) is 0 Å². The van der Waals surface area contributed by atoms with E-state index in [4.69, 9.17) is 21.1 Å². The van der Waals surface area contributed by atoms with Gasteiger partial charge in [-0.05, 0) is 12.8 Å². The molecule has 0 atom stereocenters. The summed E-state index contributed by atoms with van der Waals surface area (Å²) in [6.45, 7) is 4.75. The molecule has 0 amide bonds. The smallest absolute Gasteiger partial charge is 0.318 e. The molecule has 0 fully saturated rings. The average Bonchev–Trinajstić information content (AvgIpc) is 2.77. The van der Waals surface area contributed by atoms with E-state index in [1.165, 1.54) is 0 Å². The molecule has 0 aliphatic heterocycles. The van der Waals surface area contributed by atoms with E-state index in [0.29, 0.717) is 24.5 Å². The van der Waals surface area contributed by atoms with Gasteiger partial charge in [0.2, 0.25) is 5.89 Å². The van der Waals surface area contributed by atoms with Gasteiger partial charge in [-0.25, -0.2) is 0 Å². The van der Waals surface area contributed by atoms with Gasteiger partial charge in [0.25, 0.3) is 0 Å². The van der Waals surface area contributed by atoms with Crippen LogP contribution < -0.4 is 4.90 Å². The van der Waals surface area contributed by atoms with Crippen LogP contribution in [-0.4, -0.2) is 34.5 Å². The van der Waals surface area contributed by atoms with E-state index in [1.54, 1.807) is 0 Å². The molecule has 5 nitrogen and oxygen atoms in total. The summed E-state index contributed by atoms with van der Waals surface area (Å²) in [4.78, 5) is 1.93. The Hall–Kier alpha value is -0.810. The molecule has 0 saturated heterocycles. The molecule has 1 heterocycles. The largest absolute Gasteiger partial charge is 0.407 e. The van der Waals surface area contributed by atoms with Gasteiger partial charge in [-0.3, -0.25) is 0 Å². The number of aliphatic hydroxyl groups is 1. The molecule has 1 rings (SSSR count). The lowest BCUT2D eigenvalue weighted by molar-refractivity contribution is 0.291. The summed E-state index contributed by atoms with van der Waals surface area (Å²) in [5.41, 5.74) is 0. The van der Waals surface area contributed by atoms with Crippen molar-refractivity contribution in [3.63, 3.8) is 0 Å². The highest BCUT2D eigenvalue weighted by Gasteiger charge is 2.20. The first kappa shape index (κ1) is 13.3. The zero-order valence-corrected chi connectivity index (χ0v) is 10.4. The first-order chi connectivity index (χ1) is 7.76. The van der Waals surface area contributed by atoms with Crippen molar-refractivity contribution in [3.05, 3.63) is 5.89 Å². The van der Waals surface area contributed by atoms with Crippen LogP contribution in [0.15, 0.2) is 4.42 Å². The molecule has 0 saturated carbocycles. The predicted octanol–water partition coefficient (Wildman–Crippen LogP) is 1.80. The molecular weight excluding hydrogens is 230 g/mol. The number of nitrogens with zero attached hydrogens (tertiary/aromatic N) is 3. The highest BCUT2D eigenvalue weighted by Crippen LogP contribution is 2.19. The van der Waals surface area contributed by atoms with Crippen molar-refractivity contribution in [2.24, 2.45) is 0 Å². The minimum absolute atomic E-state index is 0.0646. The maximum absolute atomic E-state index is 9.04. The van der Waals surface area contributed by atoms with E-state index >= 15 is 0 Å². The Balaban J connectivity index is 2.82.